The Morgan fingerprint density at radius 1 is 1.42 bits per heavy atom. The standard InChI is InChI=1S/C13H23N3O2S/c1-6-8-9-10-16-12(4)13(11(3)14-16)19(17,18)15(5)7-2/h6H,1,7-10H2,2-5H3. The Balaban J connectivity index is 3.13. The normalized spacial score (nSPS) is 12.1. The van der Waals surface area contributed by atoms with E-state index >= 15 is 0 Å². The van der Waals surface area contributed by atoms with Crippen LogP contribution in [0.2, 0.25) is 0 Å². The first-order valence-electron chi connectivity index (χ1n) is 6.47. The van der Waals surface area contributed by atoms with Crippen LogP contribution in [0, 0.1) is 13.8 Å². The molecular formula is C13H23N3O2S. The molecule has 6 heteroatoms. The average Bonchev–Trinajstić information content (AvgIpc) is 2.64. The predicted molar refractivity (Wildman–Crippen MR) is 76.6 cm³/mol. The van der Waals surface area contributed by atoms with E-state index in [4.69, 9.17) is 0 Å². The van der Waals surface area contributed by atoms with Gasteiger partial charge in [-0.25, -0.2) is 12.7 Å². The SMILES string of the molecule is C=CCCCn1nc(C)c(S(=O)(=O)N(C)CC)c1C. The molecule has 0 saturated heterocycles. The summed E-state index contributed by atoms with van der Waals surface area (Å²) in [5.74, 6) is 0. The fourth-order valence-electron chi connectivity index (χ4n) is 1.98. The van der Waals surface area contributed by atoms with Crippen LogP contribution in [0.3, 0.4) is 0 Å². The maximum Gasteiger partial charge on any atom is 0.246 e. The average molecular weight is 285 g/mol. The van der Waals surface area contributed by atoms with Crippen molar-refractivity contribution in [2.75, 3.05) is 13.6 Å². The van der Waals surface area contributed by atoms with Crippen LogP contribution in [0.4, 0.5) is 0 Å². The first-order chi connectivity index (χ1) is 8.86. The fourth-order valence-corrected chi connectivity index (χ4v) is 3.53. The number of hydrogen-bond donors (Lipinski definition) is 0. The van der Waals surface area contributed by atoms with E-state index in [2.05, 4.69) is 11.7 Å². The van der Waals surface area contributed by atoms with Gasteiger partial charge in [-0.3, -0.25) is 4.68 Å². The van der Waals surface area contributed by atoms with Gasteiger partial charge in [-0.2, -0.15) is 5.10 Å². The van der Waals surface area contributed by atoms with Gasteiger partial charge in [0.25, 0.3) is 0 Å². The summed E-state index contributed by atoms with van der Waals surface area (Å²) < 4.78 is 27.9. The van der Waals surface area contributed by atoms with Crippen molar-refractivity contribution < 1.29 is 8.42 Å². The molecule has 0 N–H and O–H groups in total. The van der Waals surface area contributed by atoms with Crippen molar-refractivity contribution in [1.29, 1.82) is 0 Å². The molecule has 1 aromatic rings. The molecule has 0 radical (unpaired) electrons. The molecule has 108 valence electrons. The van der Waals surface area contributed by atoms with Crippen LogP contribution in [0.25, 0.3) is 0 Å². The van der Waals surface area contributed by atoms with Crippen molar-refractivity contribution in [1.82, 2.24) is 14.1 Å². The number of hydrogen-bond acceptors (Lipinski definition) is 3. The van der Waals surface area contributed by atoms with E-state index in [1.807, 2.05) is 19.9 Å². The quantitative estimate of drug-likeness (QED) is 0.569. The molecule has 0 aromatic carbocycles. The predicted octanol–water partition coefficient (Wildman–Crippen LogP) is 2.11. The highest BCUT2D eigenvalue weighted by molar-refractivity contribution is 7.89. The molecule has 0 aliphatic rings. The summed E-state index contributed by atoms with van der Waals surface area (Å²) in [6, 6.07) is 0. The Kier molecular flexibility index (Phi) is 5.31. The molecule has 0 aliphatic carbocycles. The van der Waals surface area contributed by atoms with Crippen LogP contribution in [-0.2, 0) is 16.6 Å². The lowest BCUT2D eigenvalue weighted by atomic mass is 10.3. The largest absolute Gasteiger partial charge is 0.268 e. The summed E-state index contributed by atoms with van der Waals surface area (Å²) >= 11 is 0. The first kappa shape index (κ1) is 15.9. The molecule has 1 aromatic heterocycles. The zero-order valence-electron chi connectivity index (χ0n) is 12.2. The maximum absolute atomic E-state index is 12.4. The molecule has 0 atom stereocenters. The summed E-state index contributed by atoms with van der Waals surface area (Å²) in [5.41, 5.74) is 1.28. The van der Waals surface area contributed by atoms with Gasteiger partial charge in [0.1, 0.15) is 4.90 Å². The highest BCUT2D eigenvalue weighted by Crippen LogP contribution is 2.22. The Bertz CT molecular complexity index is 546. The van der Waals surface area contributed by atoms with E-state index in [1.54, 1.807) is 18.7 Å². The molecule has 0 saturated carbocycles. The first-order valence-corrected chi connectivity index (χ1v) is 7.91. The van der Waals surface area contributed by atoms with Crippen LogP contribution in [0.15, 0.2) is 17.6 Å². The van der Waals surface area contributed by atoms with Gasteiger partial charge < -0.3 is 0 Å². The van der Waals surface area contributed by atoms with Crippen molar-refractivity contribution in [3.05, 3.63) is 24.0 Å². The van der Waals surface area contributed by atoms with Gasteiger partial charge >= 0.3 is 0 Å². The van der Waals surface area contributed by atoms with Crippen LogP contribution >= 0.6 is 0 Å². The second-order valence-electron chi connectivity index (χ2n) is 4.57. The van der Waals surface area contributed by atoms with Crippen molar-refractivity contribution in [3.63, 3.8) is 0 Å². The fraction of sp³-hybridized carbons (Fsp3) is 0.615. The lowest BCUT2D eigenvalue weighted by Crippen LogP contribution is -2.27. The molecule has 1 rings (SSSR count). The summed E-state index contributed by atoms with van der Waals surface area (Å²) in [4.78, 5) is 0.343. The van der Waals surface area contributed by atoms with Crippen LogP contribution in [0.5, 0.6) is 0 Å². The second-order valence-corrected chi connectivity index (χ2v) is 6.55. The summed E-state index contributed by atoms with van der Waals surface area (Å²) in [5, 5.41) is 4.34. The third-order valence-electron chi connectivity index (χ3n) is 3.21. The van der Waals surface area contributed by atoms with Gasteiger partial charge in [-0.05, 0) is 26.7 Å². The number of rotatable bonds is 7. The lowest BCUT2D eigenvalue weighted by Gasteiger charge is -2.15. The van der Waals surface area contributed by atoms with E-state index in [0.717, 1.165) is 12.8 Å². The van der Waals surface area contributed by atoms with Crippen molar-refractivity contribution in [3.8, 4) is 0 Å². The summed E-state index contributed by atoms with van der Waals surface area (Å²) in [7, 11) is -1.84. The molecule has 0 aliphatic heterocycles. The number of aromatic nitrogens is 2. The molecule has 0 bridgehead atoms. The monoisotopic (exact) mass is 285 g/mol. The molecular weight excluding hydrogens is 262 g/mol. The minimum atomic E-state index is -3.43. The van der Waals surface area contributed by atoms with Gasteiger partial charge in [-0.15, -0.1) is 6.58 Å². The highest BCUT2D eigenvalue weighted by atomic mass is 32.2. The van der Waals surface area contributed by atoms with Gasteiger partial charge in [0.15, 0.2) is 0 Å². The maximum atomic E-state index is 12.4. The smallest absolute Gasteiger partial charge is 0.246 e. The van der Waals surface area contributed by atoms with Crippen LogP contribution < -0.4 is 0 Å². The Morgan fingerprint density at radius 2 is 2.05 bits per heavy atom. The van der Waals surface area contributed by atoms with Gasteiger partial charge in [0, 0.05) is 20.1 Å². The molecule has 0 fully saturated rings. The second kappa shape index (κ2) is 6.34. The molecule has 1 heterocycles. The molecule has 19 heavy (non-hydrogen) atoms. The van der Waals surface area contributed by atoms with E-state index in [-0.39, 0.29) is 0 Å². The minimum absolute atomic E-state index is 0.343. The Labute approximate surface area is 116 Å². The summed E-state index contributed by atoms with van der Waals surface area (Å²) in [6.07, 6.45) is 3.66. The molecule has 5 nitrogen and oxygen atoms in total. The van der Waals surface area contributed by atoms with E-state index in [1.165, 1.54) is 4.31 Å². The molecule has 0 unspecified atom stereocenters. The Hall–Kier alpha value is -1.14. The van der Waals surface area contributed by atoms with Crippen molar-refractivity contribution >= 4 is 10.0 Å². The zero-order chi connectivity index (χ0) is 14.6. The highest BCUT2D eigenvalue weighted by Gasteiger charge is 2.27. The Morgan fingerprint density at radius 3 is 2.58 bits per heavy atom. The number of unbranched alkanes of at least 4 members (excludes halogenated alkanes) is 1. The topological polar surface area (TPSA) is 55.2 Å². The van der Waals surface area contributed by atoms with E-state index < -0.39 is 10.0 Å². The van der Waals surface area contributed by atoms with Gasteiger partial charge in [0.05, 0.1) is 11.4 Å². The molecule has 0 amide bonds. The van der Waals surface area contributed by atoms with Crippen molar-refractivity contribution in [2.45, 2.75) is 45.1 Å². The number of allylic oxidation sites excluding steroid dienone is 1. The third kappa shape index (κ3) is 3.25. The minimum Gasteiger partial charge on any atom is -0.268 e. The number of sulfonamides is 1. The van der Waals surface area contributed by atoms with Gasteiger partial charge in [0.2, 0.25) is 10.0 Å². The van der Waals surface area contributed by atoms with E-state index in [9.17, 15) is 8.42 Å². The lowest BCUT2D eigenvalue weighted by molar-refractivity contribution is 0.484. The van der Waals surface area contributed by atoms with Crippen LogP contribution in [0.1, 0.15) is 31.2 Å². The number of aryl methyl sites for hydroxylation is 2. The molecule has 0 spiro atoms. The number of nitrogens with zero attached hydrogens (tertiary/aromatic N) is 3. The van der Waals surface area contributed by atoms with Gasteiger partial charge in [-0.1, -0.05) is 13.0 Å². The summed E-state index contributed by atoms with van der Waals surface area (Å²) in [6.45, 7) is 10.2. The van der Waals surface area contributed by atoms with E-state index in [0.29, 0.717) is 29.4 Å². The zero-order valence-corrected chi connectivity index (χ0v) is 13.0. The van der Waals surface area contributed by atoms with Crippen molar-refractivity contribution in [2.24, 2.45) is 0 Å². The van der Waals surface area contributed by atoms with Crippen LogP contribution in [-0.4, -0.2) is 36.1 Å². The third-order valence-corrected chi connectivity index (χ3v) is 5.39.